The summed E-state index contributed by atoms with van der Waals surface area (Å²) in [5.74, 6) is -0.170. The molecule has 1 aromatic carbocycles. The number of aromatic nitrogens is 3. The zero-order chi connectivity index (χ0) is 14.8. The van der Waals surface area contributed by atoms with Crippen LogP contribution in [0.3, 0.4) is 0 Å². The number of hydrogen-bond donors (Lipinski definition) is 2. The Balaban J connectivity index is 2.00. The molecule has 0 aliphatic heterocycles. The summed E-state index contributed by atoms with van der Waals surface area (Å²) in [7, 11) is 0. The number of thioether (sulfide) groups is 1. The largest absolute Gasteiger partial charge is 0.365 e. The number of nitrogens with zero attached hydrogens (tertiary/aromatic N) is 3. The zero-order valence-corrected chi connectivity index (χ0v) is 12.7. The molecule has 0 saturated carbocycles. The first kappa shape index (κ1) is 13.8. The Kier molecular flexibility index (Phi) is 3.72. The van der Waals surface area contributed by atoms with Crippen molar-refractivity contribution >= 4 is 50.7 Å². The number of nitrogens with one attached hydrogen (secondary N) is 1. The van der Waals surface area contributed by atoms with Crippen molar-refractivity contribution < 1.29 is 4.79 Å². The first-order valence-corrected chi connectivity index (χ1v) is 8.09. The van der Waals surface area contributed by atoms with Crippen molar-refractivity contribution in [1.82, 2.24) is 15.0 Å². The summed E-state index contributed by atoms with van der Waals surface area (Å²) in [5, 5.41) is 3.68. The molecule has 0 aliphatic carbocycles. The van der Waals surface area contributed by atoms with Gasteiger partial charge in [-0.15, -0.1) is 11.3 Å². The minimum Gasteiger partial charge on any atom is -0.365 e. The van der Waals surface area contributed by atoms with Crippen LogP contribution in [0.4, 0.5) is 11.5 Å². The van der Waals surface area contributed by atoms with E-state index in [2.05, 4.69) is 20.3 Å². The Hall–Kier alpha value is -2.19. The van der Waals surface area contributed by atoms with Crippen LogP contribution in [0.5, 0.6) is 0 Å². The molecule has 2 aromatic heterocycles. The van der Waals surface area contributed by atoms with Gasteiger partial charge < -0.3 is 11.1 Å². The number of primary amides is 1. The summed E-state index contributed by atoms with van der Waals surface area (Å²) in [5.41, 5.74) is 9.09. The summed E-state index contributed by atoms with van der Waals surface area (Å²) in [6.45, 7) is 0. The molecule has 8 heteroatoms. The van der Waals surface area contributed by atoms with Crippen LogP contribution in [0, 0.1) is 0 Å². The topological polar surface area (TPSA) is 93.8 Å². The van der Waals surface area contributed by atoms with Crippen LogP contribution in [0.1, 0.15) is 10.4 Å². The van der Waals surface area contributed by atoms with Crippen LogP contribution in [0.25, 0.3) is 10.2 Å². The molecule has 0 bridgehead atoms. The molecule has 21 heavy (non-hydrogen) atoms. The normalized spacial score (nSPS) is 10.7. The van der Waals surface area contributed by atoms with Crippen molar-refractivity contribution in [2.45, 2.75) is 5.16 Å². The molecule has 6 nitrogen and oxygen atoms in total. The van der Waals surface area contributed by atoms with E-state index in [0.717, 1.165) is 15.9 Å². The number of carbonyl (C=O) groups excluding carboxylic acids is 1. The molecule has 3 N–H and O–H groups in total. The van der Waals surface area contributed by atoms with Crippen molar-refractivity contribution in [1.29, 1.82) is 0 Å². The fraction of sp³-hybridized carbons (Fsp3) is 0.0769. The van der Waals surface area contributed by atoms with Gasteiger partial charge in [0.2, 0.25) is 0 Å². The van der Waals surface area contributed by atoms with Crippen LogP contribution < -0.4 is 11.1 Å². The Morgan fingerprint density at radius 3 is 3.00 bits per heavy atom. The van der Waals surface area contributed by atoms with Crippen LogP contribution in [-0.4, -0.2) is 27.1 Å². The molecule has 0 atom stereocenters. The van der Waals surface area contributed by atoms with E-state index in [0.29, 0.717) is 11.0 Å². The smallest absolute Gasteiger partial charge is 0.254 e. The molecule has 0 spiro atoms. The lowest BCUT2D eigenvalue weighted by atomic mass is 10.2. The monoisotopic (exact) mass is 317 g/mol. The van der Waals surface area contributed by atoms with Crippen molar-refractivity contribution in [3.63, 3.8) is 0 Å². The molecule has 3 rings (SSSR count). The predicted octanol–water partition coefficient (Wildman–Crippen LogP) is 2.65. The van der Waals surface area contributed by atoms with E-state index in [4.69, 9.17) is 5.73 Å². The van der Waals surface area contributed by atoms with E-state index in [1.54, 1.807) is 16.8 Å². The highest BCUT2D eigenvalue weighted by Gasteiger charge is 2.12. The number of amides is 1. The summed E-state index contributed by atoms with van der Waals surface area (Å²) in [6.07, 6.45) is 3.30. The predicted molar refractivity (Wildman–Crippen MR) is 85.2 cm³/mol. The highest BCUT2D eigenvalue weighted by Crippen LogP contribution is 2.25. The highest BCUT2D eigenvalue weighted by molar-refractivity contribution is 7.98. The number of benzene rings is 1. The maximum absolute atomic E-state index is 11.5. The van der Waals surface area contributed by atoms with E-state index in [1.807, 2.05) is 24.5 Å². The third-order valence-corrected chi connectivity index (χ3v) is 4.18. The first-order valence-electron chi connectivity index (χ1n) is 5.98. The Bertz CT molecular complexity index is 817. The van der Waals surface area contributed by atoms with E-state index in [9.17, 15) is 4.79 Å². The van der Waals surface area contributed by atoms with E-state index < -0.39 is 5.91 Å². The molecule has 0 unspecified atom stereocenters. The molecule has 106 valence electrons. The Morgan fingerprint density at radius 2 is 2.24 bits per heavy atom. The van der Waals surface area contributed by atoms with E-state index >= 15 is 0 Å². The number of hydrogen-bond acceptors (Lipinski definition) is 7. The van der Waals surface area contributed by atoms with Crippen molar-refractivity contribution in [3.05, 3.63) is 35.5 Å². The second kappa shape index (κ2) is 5.66. The number of nitrogens with two attached hydrogens (primary N) is 1. The fourth-order valence-corrected chi connectivity index (χ4v) is 2.81. The Morgan fingerprint density at radius 1 is 1.38 bits per heavy atom. The summed E-state index contributed by atoms with van der Waals surface area (Å²) >= 11 is 2.97. The molecule has 3 aromatic rings. The van der Waals surface area contributed by atoms with Gasteiger partial charge in [-0.2, -0.15) is 0 Å². The molecule has 0 saturated heterocycles. The highest BCUT2D eigenvalue weighted by atomic mass is 32.2. The van der Waals surface area contributed by atoms with E-state index in [1.165, 1.54) is 18.0 Å². The average molecular weight is 317 g/mol. The standard InChI is InChI=1S/C13H11N5OS2/c1-20-13-15-5-8(11(14)19)12(18-13)17-7-2-3-10-9(4-7)16-6-21-10/h2-6H,1H3,(H2,14,19)(H,15,17,18). The minimum absolute atomic E-state index is 0.256. The summed E-state index contributed by atoms with van der Waals surface area (Å²) < 4.78 is 1.10. The van der Waals surface area contributed by atoms with Gasteiger partial charge in [0.1, 0.15) is 11.4 Å². The lowest BCUT2D eigenvalue weighted by Crippen LogP contribution is -2.15. The third-order valence-electron chi connectivity index (χ3n) is 2.81. The van der Waals surface area contributed by atoms with Crippen molar-refractivity contribution in [3.8, 4) is 0 Å². The molecule has 2 heterocycles. The van der Waals surface area contributed by atoms with Crippen LogP contribution >= 0.6 is 23.1 Å². The number of rotatable bonds is 4. The second-order valence-electron chi connectivity index (χ2n) is 4.14. The molecule has 0 fully saturated rings. The van der Waals surface area contributed by atoms with Crippen LogP contribution in [0.15, 0.2) is 35.1 Å². The number of carbonyl (C=O) groups is 1. The van der Waals surface area contributed by atoms with Gasteiger partial charge in [-0.25, -0.2) is 15.0 Å². The van der Waals surface area contributed by atoms with Crippen molar-refractivity contribution in [2.24, 2.45) is 5.73 Å². The van der Waals surface area contributed by atoms with Gasteiger partial charge in [0, 0.05) is 11.9 Å². The van der Waals surface area contributed by atoms with Gasteiger partial charge in [-0.3, -0.25) is 4.79 Å². The number of anilines is 2. The SMILES string of the molecule is CSc1ncc(C(N)=O)c(Nc2ccc3scnc3c2)n1. The lowest BCUT2D eigenvalue weighted by molar-refractivity contribution is 0.100. The third kappa shape index (κ3) is 2.81. The summed E-state index contributed by atoms with van der Waals surface area (Å²) in [4.78, 5) is 24.1. The zero-order valence-electron chi connectivity index (χ0n) is 11.0. The van der Waals surface area contributed by atoms with Gasteiger partial charge in [0.05, 0.1) is 15.7 Å². The maximum Gasteiger partial charge on any atom is 0.254 e. The van der Waals surface area contributed by atoms with Crippen LogP contribution in [0.2, 0.25) is 0 Å². The number of fused-ring (bicyclic) bond motifs is 1. The molecule has 0 radical (unpaired) electrons. The maximum atomic E-state index is 11.5. The first-order chi connectivity index (χ1) is 10.2. The van der Waals surface area contributed by atoms with Gasteiger partial charge in [-0.05, 0) is 24.5 Å². The van der Waals surface area contributed by atoms with Gasteiger partial charge in [0.15, 0.2) is 5.16 Å². The van der Waals surface area contributed by atoms with E-state index in [-0.39, 0.29) is 5.56 Å². The molecular formula is C13H11N5OS2. The van der Waals surface area contributed by atoms with Crippen molar-refractivity contribution in [2.75, 3.05) is 11.6 Å². The minimum atomic E-state index is -0.570. The molecular weight excluding hydrogens is 306 g/mol. The fourth-order valence-electron chi connectivity index (χ4n) is 1.81. The molecule has 1 amide bonds. The Labute approximate surface area is 128 Å². The number of thiazole rings is 1. The van der Waals surface area contributed by atoms with Crippen LogP contribution in [-0.2, 0) is 0 Å². The molecule has 0 aliphatic rings. The van der Waals surface area contributed by atoms with Gasteiger partial charge in [0.25, 0.3) is 5.91 Å². The second-order valence-corrected chi connectivity index (χ2v) is 5.80. The van der Waals surface area contributed by atoms with Gasteiger partial charge >= 0.3 is 0 Å². The average Bonchev–Trinajstić information content (AvgIpc) is 2.94. The lowest BCUT2D eigenvalue weighted by Gasteiger charge is -2.09. The summed E-state index contributed by atoms with van der Waals surface area (Å²) in [6, 6.07) is 5.78. The van der Waals surface area contributed by atoms with Gasteiger partial charge in [-0.1, -0.05) is 11.8 Å². The quantitative estimate of drug-likeness (QED) is 0.567.